The number of rotatable bonds is 4. The topological polar surface area (TPSA) is 73.1 Å². The molecule has 17 heavy (non-hydrogen) atoms. The molecule has 0 bridgehead atoms. The number of nitrogens with one attached hydrogen (secondary N) is 1. The lowest BCUT2D eigenvalue weighted by Gasteiger charge is -2.10. The SMILES string of the molecule is CC(C)Oc1ccc(Nc2nnc(N)s2)cc1. The molecule has 1 aromatic heterocycles. The van der Waals surface area contributed by atoms with Crippen molar-refractivity contribution in [3.63, 3.8) is 0 Å². The van der Waals surface area contributed by atoms with Crippen LogP contribution in [0.25, 0.3) is 0 Å². The Balaban J connectivity index is 2.03. The Morgan fingerprint density at radius 1 is 1.24 bits per heavy atom. The van der Waals surface area contributed by atoms with Crippen LogP contribution >= 0.6 is 11.3 Å². The summed E-state index contributed by atoms with van der Waals surface area (Å²) in [5.74, 6) is 0.849. The van der Waals surface area contributed by atoms with Crippen LogP contribution in [0.5, 0.6) is 5.75 Å². The van der Waals surface area contributed by atoms with Gasteiger partial charge in [-0.05, 0) is 38.1 Å². The Labute approximate surface area is 104 Å². The number of benzene rings is 1. The molecule has 0 aliphatic heterocycles. The van der Waals surface area contributed by atoms with E-state index in [0.29, 0.717) is 10.3 Å². The van der Waals surface area contributed by atoms with E-state index in [4.69, 9.17) is 10.5 Å². The van der Waals surface area contributed by atoms with Gasteiger partial charge in [0.15, 0.2) is 0 Å². The summed E-state index contributed by atoms with van der Waals surface area (Å²) in [6.07, 6.45) is 0.178. The van der Waals surface area contributed by atoms with Crippen LogP contribution in [0.2, 0.25) is 0 Å². The molecule has 90 valence electrons. The smallest absolute Gasteiger partial charge is 0.211 e. The Kier molecular flexibility index (Phi) is 3.43. The zero-order chi connectivity index (χ0) is 12.3. The summed E-state index contributed by atoms with van der Waals surface area (Å²) < 4.78 is 5.55. The summed E-state index contributed by atoms with van der Waals surface area (Å²) in [5.41, 5.74) is 6.42. The molecule has 0 radical (unpaired) electrons. The van der Waals surface area contributed by atoms with E-state index < -0.39 is 0 Å². The van der Waals surface area contributed by atoms with E-state index in [1.807, 2.05) is 38.1 Å². The van der Waals surface area contributed by atoms with Gasteiger partial charge >= 0.3 is 0 Å². The molecule has 5 nitrogen and oxygen atoms in total. The molecule has 0 amide bonds. The number of anilines is 3. The first-order chi connectivity index (χ1) is 8.13. The van der Waals surface area contributed by atoms with Crippen molar-refractivity contribution in [2.75, 3.05) is 11.1 Å². The van der Waals surface area contributed by atoms with E-state index in [9.17, 15) is 0 Å². The van der Waals surface area contributed by atoms with E-state index in [0.717, 1.165) is 11.4 Å². The first-order valence-electron chi connectivity index (χ1n) is 5.26. The van der Waals surface area contributed by atoms with Gasteiger partial charge in [-0.3, -0.25) is 0 Å². The second kappa shape index (κ2) is 5.01. The van der Waals surface area contributed by atoms with Crippen molar-refractivity contribution in [2.45, 2.75) is 20.0 Å². The number of hydrogen-bond acceptors (Lipinski definition) is 6. The Bertz CT molecular complexity index is 480. The number of aromatic nitrogens is 2. The summed E-state index contributed by atoms with van der Waals surface area (Å²) in [7, 11) is 0. The van der Waals surface area contributed by atoms with Gasteiger partial charge in [-0.2, -0.15) is 0 Å². The average Bonchev–Trinajstić information content (AvgIpc) is 2.66. The van der Waals surface area contributed by atoms with Crippen molar-refractivity contribution in [2.24, 2.45) is 0 Å². The summed E-state index contributed by atoms with van der Waals surface area (Å²) in [6.45, 7) is 3.99. The van der Waals surface area contributed by atoms with Gasteiger partial charge in [0.2, 0.25) is 10.3 Å². The molecule has 0 spiro atoms. The molecule has 0 fully saturated rings. The molecule has 2 aromatic rings. The van der Waals surface area contributed by atoms with E-state index in [1.54, 1.807) is 0 Å². The van der Waals surface area contributed by atoms with Crippen LogP contribution in [0.3, 0.4) is 0 Å². The summed E-state index contributed by atoms with van der Waals surface area (Å²) in [5, 5.41) is 11.9. The minimum Gasteiger partial charge on any atom is -0.491 e. The van der Waals surface area contributed by atoms with Crippen LogP contribution in [0.4, 0.5) is 16.0 Å². The molecule has 0 aliphatic carbocycles. The van der Waals surface area contributed by atoms with Crippen molar-refractivity contribution < 1.29 is 4.74 Å². The fourth-order valence-corrected chi connectivity index (χ4v) is 1.83. The van der Waals surface area contributed by atoms with Crippen LogP contribution in [-0.4, -0.2) is 16.3 Å². The van der Waals surface area contributed by atoms with Crippen molar-refractivity contribution in [3.05, 3.63) is 24.3 Å². The molecule has 0 atom stereocenters. The molecule has 0 saturated carbocycles. The molecule has 0 unspecified atom stereocenters. The summed E-state index contributed by atoms with van der Waals surface area (Å²) in [6, 6.07) is 7.67. The Hall–Kier alpha value is -1.82. The minimum absolute atomic E-state index is 0.178. The highest BCUT2D eigenvalue weighted by Gasteiger charge is 2.02. The van der Waals surface area contributed by atoms with Gasteiger partial charge in [-0.15, -0.1) is 10.2 Å². The highest BCUT2D eigenvalue weighted by Crippen LogP contribution is 2.23. The van der Waals surface area contributed by atoms with Crippen LogP contribution < -0.4 is 15.8 Å². The predicted molar refractivity (Wildman–Crippen MR) is 69.8 cm³/mol. The molecule has 3 N–H and O–H groups in total. The van der Waals surface area contributed by atoms with Gasteiger partial charge in [0.05, 0.1) is 6.10 Å². The van der Waals surface area contributed by atoms with Crippen LogP contribution in [0.15, 0.2) is 24.3 Å². The highest BCUT2D eigenvalue weighted by molar-refractivity contribution is 7.18. The van der Waals surface area contributed by atoms with E-state index >= 15 is 0 Å². The van der Waals surface area contributed by atoms with Gasteiger partial charge in [-0.25, -0.2) is 0 Å². The van der Waals surface area contributed by atoms with Crippen LogP contribution in [0, 0.1) is 0 Å². The largest absolute Gasteiger partial charge is 0.491 e. The van der Waals surface area contributed by atoms with Gasteiger partial charge in [0.25, 0.3) is 0 Å². The fraction of sp³-hybridized carbons (Fsp3) is 0.273. The maximum atomic E-state index is 5.55. The standard InChI is InChI=1S/C11H14N4OS/c1-7(2)16-9-5-3-8(4-6-9)13-11-15-14-10(12)17-11/h3-7H,1-2H3,(H2,12,14)(H,13,15). The van der Waals surface area contributed by atoms with Crippen molar-refractivity contribution >= 4 is 27.3 Å². The lowest BCUT2D eigenvalue weighted by atomic mass is 10.3. The number of hydrogen-bond donors (Lipinski definition) is 2. The number of ether oxygens (including phenoxy) is 1. The zero-order valence-corrected chi connectivity index (χ0v) is 10.5. The Morgan fingerprint density at radius 2 is 1.94 bits per heavy atom. The van der Waals surface area contributed by atoms with Crippen LogP contribution in [-0.2, 0) is 0 Å². The summed E-state index contributed by atoms with van der Waals surface area (Å²) in [4.78, 5) is 0. The minimum atomic E-state index is 0.178. The maximum absolute atomic E-state index is 5.55. The highest BCUT2D eigenvalue weighted by atomic mass is 32.1. The van der Waals surface area contributed by atoms with Crippen molar-refractivity contribution in [1.29, 1.82) is 0 Å². The molecule has 6 heteroatoms. The fourth-order valence-electron chi connectivity index (χ4n) is 1.30. The lowest BCUT2D eigenvalue weighted by Crippen LogP contribution is -2.05. The third-order valence-electron chi connectivity index (χ3n) is 1.92. The first kappa shape index (κ1) is 11.7. The normalized spacial score (nSPS) is 10.5. The molecule has 1 heterocycles. The predicted octanol–water partition coefficient (Wildman–Crippen LogP) is 2.65. The Morgan fingerprint density at radius 3 is 2.47 bits per heavy atom. The van der Waals surface area contributed by atoms with Crippen LogP contribution in [0.1, 0.15) is 13.8 Å². The van der Waals surface area contributed by atoms with E-state index in [-0.39, 0.29) is 6.10 Å². The second-order valence-electron chi connectivity index (χ2n) is 3.76. The second-order valence-corrected chi connectivity index (χ2v) is 4.77. The van der Waals surface area contributed by atoms with Gasteiger partial charge in [-0.1, -0.05) is 11.3 Å². The van der Waals surface area contributed by atoms with Crippen molar-refractivity contribution in [1.82, 2.24) is 10.2 Å². The molecule has 2 rings (SSSR count). The molecule has 0 saturated heterocycles. The first-order valence-corrected chi connectivity index (χ1v) is 6.08. The third kappa shape index (κ3) is 3.32. The monoisotopic (exact) mass is 250 g/mol. The number of nitrogens with zero attached hydrogens (tertiary/aromatic N) is 2. The molecule has 0 aliphatic rings. The molecular weight excluding hydrogens is 236 g/mol. The number of nitrogen functional groups attached to an aromatic ring is 1. The molecular formula is C11H14N4OS. The van der Waals surface area contributed by atoms with Crippen molar-refractivity contribution in [3.8, 4) is 5.75 Å². The lowest BCUT2D eigenvalue weighted by molar-refractivity contribution is 0.242. The zero-order valence-electron chi connectivity index (χ0n) is 9.68. The van der Waals surface area contributed by atoms with Gasteiger partial charge in [0.1, 0.15) is 5.75 Å². The number of nitrogens with two attached hydrogens (primary N) is 1. The summed E-state index contributed by atoms with van der Waals surface area (Å²) >= 11 is 1.31. The quantitative estimate of drug-likeness (QED) is 0.872. The van der Waals surface area contributed by atoms with Gasteiger partial charge < -0.3 is 15.8 Å². The van der Waals surface area contributed by atoms with E-state index in [1.165, 1.54) is 11.3 Å². The third-order valence-corrected chi connectivity index (χ3v) is 2.59. The van der Waals surface area contributed by atoms with Gasteiger partial charge in [0, 0.05) is 5.69 Å². The average molecular weight is 250 g/mol. The molecule has 1 aromatic carbocycles. The van der Waals surface area contributed by atoms with E-state index in [2.05, 4.69) is 15.5 Å². The maximum Gasteiger partial charge on any atom is 0.211 e.